The Morgan fingerprint density at radius 3 is 2.54 bits per heavy atom. The van der Waals surface area contributed by atoms with Gasteiger partial charge in [0.1, 0.15) is 11.6 Å². The molecule has 1 amide bonds. The summed E-state index contributed by atoms with van der Waals surface area (Å²) in [5.41, 5.74) is 1.59. The fourth-order valence-electron chi connectivity index (χ4n) is 2.16. The lowest BCUT2D eigenvalue weighted by Gasteiger charge is -2.02. The predicted molar refractivity (Wildman–Crippen MR) is 88.3 cm³/mol. The maximum atomic E-state index is 12.2. The van der Waals surface area contributed by atoms with Crippen molar-refractivity contribution in [2.45, 2.75) is 27.3 Å². The number of nitrogens with one attached hydrogen (secondary N) is 1. The summed E-state index contributed by atoms with van der Waals surface area (Å²) >= 11 is 5.88. The molecule has 1 aromatic carbocycles. The second kappa shape index (κ2) is 6.45. The van der Waals surface area contributed by atoms with Crippen LogP contribution in [0.4, 0.5) is 0 Å². The summed E-state index contributed by atoms with van der Waals surface area (Å²) < 4.78 is 7.01. The molecule has 0 aliphatic carbocycles. The molecule has 1 N–H and O–H groups in total. The monoisotopic (exact) mass is 345 g/mol. The van der Waals surface area contributed by atoms with Crippen molar-refractivity contribution in [3.8, 4) is 5.69 Å². The molecule has 0 atom stereocenters. The van der Waals surface area contributed by atoms with E-state index in [0.29, 0.717) is 16.7 Å². The first kappa shape index (κ1) is 16.2. The summed E-state index contributed by atoms with van der Waals surface area (Å²) in [5.74, 6) is 1.49. The van der Waals surface area contributed by atoms with Crippen LogP contribution < -0.4 is 5.32 Å². The van der Waals surface area contributed by atoms with Crippen molar-refractivity contribution in [2.24, 2.45) is 0 Å². The number of benzene rings is 1. The minimum Gasteiger partial charge on any atom is -0.444 e. The van der Waals surface area contributed by atoms with Crippen molar-refractivity contribution in [3.05, 3.63) is 58.3 Å². The zero-order valence-electron chi connectivity index (χ0n) is 13.5. The van der Waals surface area contributed by atoms with Gasteiger partial charge in [-0.2, -0.15) is 0 Å². The first-order valence-corrected chi connectivity index (χ1v) is 7.72. The van der Waals surface area contributed by atoms with Crippen molar-refractivity contribution in [2.75, 3.05) is 0 Å². The molecule has 3 rings (SSSR count). The molecule has 2 aromatic heterocycles. The number of oxazole rings is 1. The van der Waals surface area contributed by atoms with Crippen LogP contribution in [-0.4, -0.2) is 25.7 Å². The van der Waals surface area contributed by atoms with E-state index >= 15 is 0 Å². The Hall–Kier alpha value is -2.67. The third-order valence-corrected chi connectivity index (χ3v) is 3.77. The minimum absolute atomic E-state index is 0.0856. The molecule has 0 radical (unpaired) electrons. The summed E-state index contributed by atoms with van der Waals surface area (Å²) in [7, 11) is 0. The van der Waals surface area contributed by atoms with Gasteiger partial charge in [-0.05, 0) is 45.0 Å². The number of carbonyl (C=O) groups excluding carboxylic acids is 1. The topological polar surface area (TPSA) is 85.8 Å². The Balaban J connectivity index is 1.74. The second-order valence-corrected chi connectivity index (χ2v) is 5.74. The third-order valence-electron chi connectivity index (χ3n) is 3.52. The largest absolute Gasteiger partial charge is 0.444 e. The Bertz CT molecular complexity index is 863. The van der Waals surface area contributed by atoms with E-state index in [1.54, 1.807) is 23.7 Å². The van der Waals surface area contributed by atoms with E-state index in [9.17, 15) is 4.79 Å². The molecular weight excluding hydrogens is 330 g/mol. The Kier molecular flexibility index (Phi) is 4.35. The highest BCUT2D eigenvalue weighted by molar-refractivity contribution is 6.30. The number of amides is 1. The lowest BCUT2D eigenvalue weighted by Crippen LogP contribution is -2.24. The zero-order chi connectivity index (χ0) is 17.3. The van der Waals surface area contributed by atoms with Gasteiger partial charge in [0, 0.05) is 5.02 Å². The third kappa shape index (κ3) is 3.30. The van der Waals surface area contributed by atoms with Crippen LogP contribution in [0.15, 0.2) is 28.7 Å². The molecule has 0 saturated carbocycles. The van der Waals surface area contributed by atoms with Gasteiger partial charge in [0.15, 0.2) is 0 Å². The second-order valence-electron chi connectivity index (χ2n) is 5.30. The van der Waals surface area contributed by atoms with Crippen LogP contribution in [0.1, 0.15) is 33.8 Å². The molecule has 0 bridgehead atoms. The van der Waals surface area contributed by atoms with Crippen molar-refractivity contribution in [1.82, 2.24) is 25.1 Å². The Morgan fingerprint density at radius 1 is 1.21 bits per heavy atom. The molecule has 0 fully saturated rings. The molecular formula is C16H16ClN5O2. The van der Waals surface area contributed by atoms with E-state index in [1.165, 1.54) is 0 Å². The van der Waals surface area contributed by atoms with Gasteiger partial charge in [-0.1, -0.05) is 11.6 Å². The molecule has 124 valence electrons. The van der Waals surface area contributed by atoms with Crippen LogP contribution in [0, 0.1) is 20.8 Å². The summed E-state index contributed by atoms with van der Waals surface area (Å²) in [5, 5.41) is 7.58. The van der Waals surface area contributed by atoms with E-state index in [0.717, 1.165) is 17.1 Å². The molecule has 2 heterocycles. The molecule has 8 heteroatoms. The number of nitrogens with zero attached hydrogens (tertiary/aromatic N) is 4. The number of carbonyl (C=O) groups is 1. The molecule has 7 nitrogen and oxygen atoms in total. The maximum absolute atomic E-state index is 12.2. The lowest BCUT2D eigenvalue weighted by molar-refractivity contribution is 0.0936. The average Bonchev–Trinajstić information content (AvgIpc) is 3.09. The zero-order valence-corrected chi connectivity index (χ0v) is 14.3. The van der Waals surface area contributed by atoms with Crippen LogP contribution >= 0.6 is 11.6 Å². The van der Waals surface area contributed by atoms with Crippen LogP contribution in [-0.2, 0) is 6.54 Å². The van der Waals surface area contributed by atoms with E-state index in [2.05, 4.69) is 20.4 Å². The van der Waals surface area contributed by atoms with E-state index < -0.39 is 0 Å². The first-order valence-electron chi connectivity index (χ1n) is 7.35. The molecule has 24 heavy (non-hydrogen) atoms. The van der Waals surface area contributed by atoms with E-state index in [-0.39, 0.29) is 18.3 Å². The maximum Gasteiger partial charge on any atom is 0.291 e. The van der Waals surface area contributed by atoms with Gasteiger partial charge >= 0.3 is 0 Å². The van der Waals surface area contributed by atoms with Gasteiger partial charge in [0.2, 0.25) is 11.7 Å². The van der Waals surface area contributed by atoms with Crippen LogP contribution in [0.25, 0.3) is 5.69 Å². The highest BCUT2D eigenvalue weighted by Gasteiger charge is 2.16. The summed E-state index contributed by atoms with van der Waals surface area (Å²) in [6, 6.07) is 7.13. The number of halogens is 1. The van der Waals surface area contributed by atoms with Crippen molar-refractivity contribution < 1.29 is 9.21 Å². The molecule has 0 spiro atoms. The van der Waals surface area contributed by atoms with Gasteiger partial charge in [-0.15, -0.1) is 5.10 Å². The molecule has 3 aromatic rings. The summed E-state index contributed by atoms with van der Waals surface area (Å²) in [4.78, 5) is 20.6. The van der Waals surface area contributed by atoms with Crippen molar-refractivity contribution in [1.29, 1.82) is 0 Å². The fraction of sp³-hybridized carbons (Fsp3) is 0.250. The molecule has 0 saturated heterocycles. The van der Waals surface area contributed by atoms with Gasteiger partial charge < -0.3 is 9.73 Å². The normalized spacial score (nSPS) is 10.8. The van der Waals surface area contributed by atoms with E-state index in [4.69, 9.17) is 16.0 Å². The van der Waals surface area contributed by atoms with Crippen LogP contribution in [0.2, 0.25) is 5.02 Å². The highest BCUT2D eigenvalue weighted by atomic mass is 35.5. The lowest BCUT2D eigenvalue weighted by atomic mass is 10.3. The predicted octanol–water partition coefficient (Wildman–Crippen LogP) is 2.76. The van der Waals surface area contributed by atoms with Crippen LogP contribution in [0.3, 0.4) is 0 Å². The number of hydrogen-bond acceptors (Lipinski definition) is 5. The minimum atomic E-state index is -0.390. The first-order chi connectivity index (χ1) is 11.4. The number of rotatable bonds is 4. The summed E-state index contributed by atoms with van der Waals surface area (Å²) in [6.07, 6.45) is 0. The Morgan fingerprint density at radius 2 is 1.92 bits per heavy atom. The van der Waals surface area contributed by atoms with Crippen molar-refractivity contribution in [3.63, 3.8) is 0 Å². The van der Waals surface area contributed by atoms with E-state index in [1.807, 2.05) is 26.0 Å². The quantitative estimate of drug-likeness (QED) is 0.785. The molecule has 0 unspecified atom stereocenters. The van der Waals surface area contributed by atoms with Gasteiger partial charge in [-0.25, -0.2) is 14.6 Å². The van der Waals surface area contributed by atoms with Gasteiger partial charge in [0.25, 0.3) is 5.91 Å². The van der Waals surface area contributed by atoms with Gasteiger partial charge in [-0.3, -0.25) is 4.79 Å². The standard InChI is InChI=1S/C16H16ClN5O2/c1-9-10(2)24-14(19-9)8-18-16(23)15-20-11(3)22(21-15)13-6-4-12(17)5-7-13/h4-7H,8H2,1-3H3,(H,18,23). The number of hydrogen-bond donors (Lipinski definition) is 1. The average molecular weight is 346 g/mol. The van der Waals surface area contributed by atoms with Crippen molar-refractivity contribution >= 4 is 17.5 Å². The highest BCUT2D eigenvalue weighted by Crippen LogP contribution is 2.14. The molecule has 0 aliphatic rings. The summed E-state index contributed by atoms with van der Waals surface area (Å²) in [6.45, 7) is 5.64. The smallest absolute Gasteiger partial charge is 0.291 e. The number of aromatic nitrogens is 4. The molecule has 0 aliphatic heterocycles. The Labute approximate surface area is 143 Å². The number of aryl methyl sites for hydroxylation is 3. The van der Waals surface area contributed by atoms with Crippen LogP contribution in [0.5, 0.6) is 0 Å². The fourth-order valence-corrected chi connectivity index (χ4v) is 2.29. The van der Waals surface area contributed by atoms with Gasteiger partial charge in [0.05, 0.1) is 17.9 Å². The SMILES string of the molecule is Cc1nc(CNC(=O)c2nc(C)n(-c3ccc(Cl)cc3)n2)oc1C.